The van der Waals surface area contributed by atoms with Crippen LogP contribution >= 0.6 is 12.2 Å². The minimum atomic E-state index is -0.0851. The number of hydrogen-bond donors (Lipinski definition) is 4. The number of aryl methyl sites for hydroxylation is 2. The van der Waals surface area contributed by atoms with Crippen molar-refractivity contribution >= 4 is 28.2 Å². The molecule has 0 aliphatic rings. The van der Waals surface area contributed by atoms with E-state index in [9.17, 15) is 9.90 Å². The van der Waals surface area contributed by atoms with Crippen molar-refractivity contribution in [1.82, 2.24) is 15.2 Å². The smallest absolute Gasteiger partial charge is 0.253 e. The fourth-order valence-corrected chi connectivity index (χ4v) is 3.91. The zero-order chi connectivity index (χ0) is 22.1. The fraction of sp³-hybridized carbons (Fsp3) is 0.565. The Morgan fingerprint density at radius 1 is 1.23 bits per heavy atom. The minimum absolute atomic E-state index is 0.0851. The Balaban J connectivity index is 2.10. The van der Waals surface area contributed by atoms with Gasteiger partial charge < -0.3 is 25.2 Å². The maximum Gasteiger partial charge on any atom is 0.253 e. The van der Waals surface area contributed by atoms with Gasteiger partial charge >= 0.3 is 0 Å². The quantitative estimate of drug-likeness (QED) is 0.319. The van der Waals surface area contributed by atoms with Gasteiger partial charge in [0.1, 0.15) is 0 Å². The minimum Gasteiger partial charge on any atom is -0.396 e. The van der Waals surface area contributed by atoms with E-state index < -0.39 is 0 Å². The molecule has 0 fully saturated rings. The molecule has 0 unspecified atom stereocenters. The number of quaternary nitrogens is 1. The zero-order valence-electron chi connectivity index (χ0n) is 18.8. The van der Waals surface area contributed by atoms with Gasteiger partial charge in [-0.15, -0.1) is 0 Å². The van der Waals surface area contributed by atoms with Crippen LogP contribution in [0.2, 0.25) is 0 Å². The van der Waals surface area contributed by atoms with Crippen LogP contribution in [-0.2, 0) is 6.54 Å². The Morgan fingerprint density at radius 3 is 2.63 bits per heavy atom. The lowest BCUT2D eigenvalue weighted by Gasteiger charge is -2.26. The number of fused-ring (bicyclic) bond motifs is 1. The normalized spacial score (nSPS) is 11.3. The molecular formula is C23H37N4O2S+. The molecule has 0 aliphatic heterocycles. The summed E-state index contributed by atoms with van der Waals surface area (Å²) in [7, 11) is 0. The van der Waals surface area contributed by atoms with E-state index in [4.69, 9.17) is 12.2 Å². The second-order valence-electron chi connectivity index (χ2n) is 7.89. The summed E-state index contributed by atoms with van der Waals surface area (Å²) in [5, 5.41) is 14.3. The molecule has 0 spiro atoms. The van der Waals surface area contributed by atoms with E-state index >= 15 is 0 Å². The number of nitrogens with one attached hydrogen (secondary N) is 3. The van der Waals surface area contributed by atoms with Crippen molar-refractivity contribution in [2.45, 2.75) is 47.1 Å². The first-order valence-corrected chi connectivity index (χ1v) is 11.4. The van der Waals surface area contributed by atoms with Crippen LogP contribution in [0, 0.1) is 13.8 Å². The van der Waals surface area contributed by atoms with E-state index in [0.29, 0.717) is 30.2 Å². The van der Waals surface area contributed by atoms with E-state index in [1.165, 1.54) is 0 Å². The van der Waals surface area contributed by atoms with Gasteiger partial charge in [0.25, 0.3) is 5.56 Å². The highest BCUT2D eigenvalue weighted by Crippen LogP contribution is 2.19. The average molecular weight is 434 g/mol. The van der Waals surface area contributed by atoms with Crippen LogP contribution < -0.4 is 15.8 Å². The van der Waals surface area contributed by atoms with Crippen molar-refractivity contribution in [1.29, 1.82) is 0 Å². The SMILES string of the molecule is CC[NH+](CC)CCCNC(=S)N(CCCO)Cc1cc2ccc(C)c(C)c2[nH]c1=O. The van der Waals surface area contributed by atoms with Crippen LogP contribution in [0.15, 0.2) is 23.0 Å². The first-order chi connectivity index (χ1) is 14.4. The topological polar surface area (TPSA) is 72.8 Å². The van der Waals surface area contributed by atoms with Crippen LogP contribution in [0.3, 0.4) is 0 Å². The van der Waals surface area contributed by atoms with Crippen molar-refractivity contribution in [2.24, 2.45) is 0 Å². The number of thiocarbonyl (C=S) groups is 1. The molecule has 7 heteroatoms. The van der Waals surface area contributed by atoms with Gasteiger partial charge in [0, 0.05) is 31.7 Å². The predicted octanol–water partition coefficient (Wildman–Crippen LogP) is 1.52. The highest BCUT2D eigenvalue weighted by molar-refractivity contribution is 7.80. The number of nitrogens with zero attached hydrogens (tertiary/aromatic N) is 1. The summed E-state index contributed by atoms with van der Waals surface area (Å²) in [5.41, 5.74) is 3.75. The highest BCUT2D eigenvalue weighted by Gasteiger charge is 2.14. The Morgan fingerprint density at radius 2 is 1.97 bits per heavy atom. The van der Waals surface area contributed by atoms with Crippen molar-refractivity contribution in [3.05, 3.63) is 45.2 Å². The molecule has 1 heterocycles. The average Bonchev–Trinajstić information content (AvgIpc) is 2.74. The number of benzene rings is 1. The number of hydrogen-bond acceptors (Lipinski definition) is 3. The second kappa shape index (κ2) is 12.0. The van der Waals surface area contributed by atoms with Gasteiger partial charge in [0.2, 0.25) is 0 Å². The van der Waals surface area contributed by atoms with Gasteiger partial charge in [-0.25, -0.2) is 0 Å². The third-order valence-electron chi connectivity index (χ3n) is 5.85. The van der Waals surface area contributed by atoms with Crippen molar-refractivity contribution in [2.75, 3.05) is 39.3 Å². The summed E-state index contributed by atoms with van der Waals surface area (Å²) in [5.74, 6) is 0. The molecule has 0 saturated carbocycles. The molecule has 0 bridgehead atoms. The molecule has 0 saturated heterocycles. The lowest BCUT2D eigenvalue weighted by Crippen LogP contribution is -3.11. The maximum atomic E-state index is 12.7. The third-order valence-corrected chi connectivity index (χ3v) is 6.25. The van der Waals surface area contributed by atoms with E-state index in [-0.39, 0.29) is 12.2 Å². The highest BCUT2D eigenvalue weighted by atomic mass is 32.1. The first kappa shape index (κ1) is 24.3. The fourth-order valence-electron chi connectivity index (χ4n) is 3.66. The summed E-state index contributed by atoms with van der Waals surface area (Å²) in [6.45, 7) is 13.8. The molecule has 1 aromatic carbocycles. The number of H-pyrrole nitrogens is 1. The van der Waals surface area contributed by atoms with Crippen LogP contribution in [-0.4, -0.2) is 59.4 Å². The van der Waals surface area contributed by atoms with Crippen LogP contribution in [0.1, 0.15) is 43.4 Å². The van der Waals surface area contributed by atoms with Crippen LogP contribution in [0.4, 0.5) is 0 Å². The van der Waals surface area contributed by atoms with Crippen LogP contribution in [0.25, 0.3) is 10.9 Å². The summed E-state index contributed by atoms with van der Waals surface area (Å²) in [6.07, 6.45) is 1.65. The van der Waals surface area contributed by atoms with E-state index in [2.05, 4.69) is 30.2 Å². The Hall–Kier alpha value is -1.96. The van der Waals surface area contributed by atoms with E-state index in [1.807, 2.05) is 30.9 Å². The van der Waals surface area contributed by atoms with E-state index in [0.717, 1.165) is 54.6 Å². The number of pyridine rings is 1. The first-order valence-electron chi connectivity index (χ1n) is 11.0. The molecule has 0 amide bonds. The lowest BCUT2D eigenvalue weighted by atomic mass is 10.0. The summed E-state index contributed by atoms with van der Waals surface area (Å²) in [4.78, 5) is 19.3. The summed E-state index contributed by atoms with van der Waals surface area (Å²) in [6, 6.07) is 6.08. The zero-order valence-corrected chi connectivity index (χ0v) is 19.6. The molecule has 0 aliphatic carbocycles. The van der Waals surface area contributed by atoms with E-state index in [1.54, 1.807) is 4.90 Å². The molecule has 0 atom stereocenters. The van der Waals surface area contributed by atoms with Gasteiger partial charge in [-0.05, 0) is 68.9 Å². The lowest BCUT2D eigenvalue weighted by molar-refractivity contribution is -0.896. The van der Waals surface area contributed by atoms with Crippen LogP contribution in [0.5, 0.6) is 0 Å². The molecule has 0 radical (unpaired) electrons. The summed E-state index contributed by atoms with van der Waals surface area (Å²) >= 11 is 5.61. The van der Waals surface area contributed by atoms with Gasteiger partial charge in [-0.1, -0.05) is 12.1 Å². The molecular weight excluding hydrogens is 396 g/mol. The third kappa shape index (κ3) is 6.52. The van der Waals surface area contributed by atoms with Crippen molar-refractivity contribution < 1.29 is 10.0 Å². The number of aliphatic hydroxyl groups excluding tert-OH is 1. The van der Waals surface area contributed by atoms with Crippen molar-refractivity contribution in [3.8, 4) is 0 Å². The second-order valence-corrected chi connectivity index (χ2v) is 8.27. The standard InChI is InChI=1S/C23H36N4O2S/c1-5-26(6-2)12-7-11-24-23(30)27(13-8-14-28)16-20-15-19-10-9-17(3)18(4)21(19)25-22(20)29/h9-10,15,28H,5-8,11-14,16H2,1-4H3,(H,24,30)(H,25,29)/p+1. The molecule has 4 N–H and O–H groups in total. The van der Waals surface area contributed by atoms with Crippen molar-refractivity contribution in [3.63, 3.8) is 0 Å². The maximum absolute atomic E-state index is 12.7. The molecule has 2 rings (SSSR count). The van der Waals surface area contributed by atoms with Gasteiger partial charge in [0.15, 0.2) is 5.11 Å². The number of aliphatic hydroxyl groups is 1. The van der Waals surface area contributed by atoms with Gasteiger partial charge in [0.05, 0.1) is 31.7 Å². The van der Waals surface area contributed by atoms with Gasteiger partial charge in [-0.3, -0.25) is 4.79 Å². The molecule has 6 nitrogen and oxygen atoms in total. The Bertz CT molecular complexity index is 893. The number of aromatic amines is 1. The van der Waals surface area contributed by atoms with Gasteiger partial charge in [-0.2, -0.15) is 0 Å². The molecule has 166 valence electrons. The molecule has 1 aromatic heterocycles. The largest absolute Gasteiger partial charge is 0.396 e. The monoisotopic (exact) mass is 433 g/mol. The molecule has 2 aromatic rings. The predicted molar refractivity (Wildman–Crippen MR) is 128 cm³/mol. The number of aromatic nitrogens is 1. The Labute approximate surface area is 185 Å². The molecule has 30 heavy (non-hydrogen) atoms. The summed E-state index contributed by atoms with van der Waals surface area (Å²) < 4.78 is 0. The number of rotatable bonds is 11. The Kier molecular flexibility index (Phi) is 9.75.